The smallest absolute Gasteiger partial charge is 0.145 e. The van der Waals surface area contributed by atoms with Crippen LogP contribution in [0.3, 0.4) is 0 Å². The number of nitrogen functional groups attached to an aromatic ring is 1. The maximum absolute atomic E-state index is 5.85. The molecular formula is C16H22N4. The van der Waals surface area contributed by atoms with Crippen molar-refractivity contribution < 1.29 is 0 Å². The average molecular weight is 270 g/mol. The maximum Gasteiger partial charge on any atom is 0.145 e. The molecule has 3 rings (SSSR count). The first kappa shape index (κ1) is 13.2. The number of hydrogen-bond acceptors (Lipinski definition) is 3. The van der Waals surface area contributed by atoms with Crippen molar-refractivity contribution in [3.05, 3.63) is 47.2 Å². The van der Waals surface area contributed by atoms with E-state index in [1.807, 2.05) is 10.7 Å². The van der Waals surface area contributed by atoms with E-state index in [-0.39, 0.29) is 0 Å². The largest absolute Gasteiger partial charge is 0.382 e. The van der Waals surface area contributed by atoms with E-state index < -0.39 is 0 Å². The summed E-state index contributed by atoms with van der Waals surface area (Å²) in [4.78, 5) is 2.47. The molecule has 2 aromatic rings. The molecule has 1 aromatic heterocycles. The minimum Gasteiger partial charge on any atom is -0.382 e. The summed E-state index contributed by atoms with van der Waals surface area (Å²) < 4.78 is 2.04. The Balaban J connectivity index is 1.77. The molecule has 106 valence electrons. The van der Waals surface area contributed by atoms with Crippen LogP contribution in [0.1, 0.15) is 36.7 Å². The van der Waals surface area contributed by atoms with Crippen LogP contribution in [0.15, 0.2) is 30.3 Å². The summed E-state index contributed by atoms with van der Waals surface area (Å²) in [5.41, 5.74) is 9.99. The van der Waals surface area contributed by atoms with Crippen LogP contribution in [0.4, 0.5) is 5.82 Å². The third-order valence-corrected chi connectivity index (χ3v) is 3.92. The summed E-state index contributed by atoms with van der Waals surface area (Å²) in [6.45, 7) is 7.30. The van der Waals surface area contributed by atoms with Crippen LogP contribution in [0.2, 0.25) is 0 Å². The fraction of sp³-hybridized carbons (Fsp3) is 0.438. The van der Waals surface area contributed by atoms with Gasteiger partial charge in [0, 0.05) is 31.7 Å². The van der Waals surface area contributed by atoms with Gasteiger partial charge in [0.2, 0.25) is 0 Å². The zero-order chi connectivity index (χ0) is 14.1. The average Bonchev–Trinajstić information content (AvgIpc) is 2.80. The predicted octanol–water partition coefficient (Wildman–Crippen LogP) is 2.60. The number of nitrogens with two attached hydrogens (primary N) is 1. The van der Waals surface area contributed by atoms with Gasteiger partial charge in [-0.25, -0.2) is 0 Å². The molecule has 0 unspecified atom stereocenters. The summed E-state index contributed by atoms with van der Waals surface area (Å²) >= 11 is 0. The van der Waals surface area contributed by atoms with Crippen LogP contribution in [-0.2, 0) is 19.5 Å². The Morgan fingerprint density at radius 3 is 2.75 bits per heavy atom. The number of rotatable bonds is 3. The molecule has 0 aliphatic carbocycles. The molecule has 4 nitrogen and oxygen atoms in total. The highest BCUT2D eigenvalue weighted by Gasteiger charge is 2.18. The Bertz CT molecular complexity index is 600. The minimum atomic E-state index is 0.347. The molecule has 0 atom stereocenters. The number of nitrogens with zero attached hydrogens (tertiary/aromatic N) is 3. The summed E-state index contributed by atoms with van der Waals surface area (Å²) in [6.07, 6.45) is 1.13. The predicted molar refractivity (Wildman–Crippen MR) is 81.3 cm³/mol. The molecule has 2 heterocycles. The van der Waals surface area contributed by atoms with Crippen molar-refractivity contribution in [3.8, 4) is 0 Å². The number of fused-ring (bicyclic) bond motifs is 1. The summed E-state index contributed by atoms with van der Waals surface area (Å²) in [5, 5.41) is 4.39. The lowest BCUT2D eigenvalue weighted by Crippen LogP contribution is -2.31. The van der Waals surface area contributed by atoms with Crippen LogP contribution >= 0.6 is 0 Å². The van der Waals surface area contributed by atoms with E-state index in [1.165, 1.54) is 16.8 Å². The molecule has 20 heavy (non-hydrogen) atoms. The third-order valence-electron chi connectivity index (χ3n) is 3.92. The molecule has 0 saturated carbocycles. The molecule has 0 spiro atoms. The zero-order valence-electron chi connectivity index (χ0n) is 12.2. The van der Waals surface area contributed by atoms with Gasteiger partial charge in [0.1, 0.15) is 5.82 Å². The van der Waals surface area contributed by atoms with E-state index in [9.17, 15) is 0 Å². The Morgan fingerprint density at radius 2 is 2.00 bits per heavy atom. The van der Waals surface area contributed by atoms with Gasteiger partial charge in [0.05, 0.1) is 5.69 Å². The third kappa shape index (κ3) is 2.56. The molecule has 0 amide bonds. The van der Waals surface area contributed by atoms with Crippen LogP contribution < -0.4 is 5.73 Å². The molecule has 4 heteroatoms. The minimum absolute atomic E-state index is 0.347. The first-order chi connectivity index (χ1) is 9.63. The first-order valence-corrected chi connectivity index (χ1v) is 7.26. The Morgan fingerprint density at radius 1 is 1.25 bits per heavy atom. The van der Waals surface area contributed by atoms with Crippen LogP contribution in [0, 0.1) is 0 Å². The van der Waals surface area contributed by atoms with Crippen molar-refractivity contribution in [2.24, 2.45) is 0 Å². The fourth-order valence-corrected chi connectivity index (χ4v) is 2.94. The Hall–Kier alpha value is -1.81. The van der Waals surface area contributed by atoms with Crippen molar-refractivity contribution in [2.45, 2.75) is 39.4 Å². The van der Waals surface area contributed by atoms with Crippen LogP contribution in [-0.4, -0.2) is 21.2 Å². The molecule has 2 N–H and O–H groups in total. The lowest BCUT2D eigenvalue weighted by Gasteiger charge is -2.29. The van der Waals surface area contributed by atoms with Crippen molar-refractivity contribution in [1.29, 1.82) is 0 Å². The van der Waals surface area contributed by atoms with E-state index >= 15 is 0 Å². The van der Waals surface area contributed by atoms with Crippen molar-refractivity contribution in [1.82, 2.24) is 14.7 Å². The van der Waals surface area contributed by atoms with Gasteiger partial charge in [-0.15, -0.1) is 0 Å². The number of anilines is 1. The summed E-state index contributed by atoms with van der Waals surface area (Å²) in [6, 6.07) is 11.1. The van der Waals surface area contributed by atoms with E-state index in [4.69, 9.17) is 5.73 Å². The summed E-state index contributed by atoms with van der Waals surface area (Å²) in [7, 11) is 0. The maximum atomic E-state index is 5.85. The van der Waals surface area contributed by atoms with E-state index in [0.29, 0.717) is 11.9 Å². The SMILES string of the molecule is CC(C)n1nc(N)cc1CN1CCc2ccccc2C1. The van der Waals surface area contributed by atoms with E-state index in [1.54, 1.807) is 0 Å². The highest BCUT2D eigenvalue weighted by atomic mass is 15.3. The van der Waals surface area contributed by atoms with Gasteiger partial charge in [-0.05, 0) is 31.4 Å². The molecular weight excluding hydrogens is 248 g/mol. The second-order valence-corrected chi connectivity index (χ2v) is 5.83. The van der Waals surface area contributed by atoms with Gasteiger partial charge < -0.3 is 5.73 Å². The molecule has 1 aromatic carbocycles. The van der Waals surface area contributed by atoms with Crippen LogP contribution in [0.25, 0.3) is 0 Å². The van der Waals surface area contributed by atoms with E-state index in [2.05, 4.69) is 48.1 Å². The van der Waals surface area contributed by atoms with Crippen molar-refractivity contribution >= 4 is 5.82 Å². The van der Waals surface area contributed by atoms with Gasteiger partial charge in [0.15, 0.2) is 0 Å². The topological polar surface area (TPSA) is 47.1 Å². The van der Waals surface area contributed by atoms with Crippen molar-refractivity contribution in [3.63, 3.8) is 0 Å². The molecule has 1 aliphatic rings. The quantitative estimate of drug-likeness (QED) is 0.932. The number of aromatic nitrogens is 2. The molecule has 0 radical (unpaired) electrons. The molecule has 0 fully saturated rings. The zero-order valence-corrected chi connectivity index (χ0v) is 12.2. The molecule has 0 bridgehead atoms. The number of benzene rings is 1. The van der Waals surface area contributed by atoms with Gasteiger partial charge in [-0.3, -0.25) is 9.58 Å². The highest BCUT2D eigenvalue weighted by molar-refractivity contribution is 5.31. The van der Waals surface area contributed by atoms with Gasteiger partial charge in [0.25, 0.3) is 0 Å². The Labute approximate surface area is 120 Å². The summed E-state index contributed by atoms with van der Waals surface area (Å²) in [5.74, 6) is 0.617. The standard InChI is InChI=1S/C16H22N4/c1-12(2)20-15(9-16(17)18-20)11-19-8-7-13-5-3-4-6-14(13)10-19/h3-6,9,12H,7-8,10-11H2,1-2H3,(H2,17,18). The lowest BCUT2D eigenvalue weighted by molar-refractivity contribution is 0.236. The second-order valence-electron chi connectivity index (χ2n) is 5.83. The highest BCUT2D eigenvalue weighted by Crippen LogP contribution is 2.21. The monoisotopic (exact) mass is 270 g/mol. The van der Waals surface area contributed by atoms with Gasteiger partial charge in [-0.1, -0.05) is 24.3 Å². The van der Waals surface area contributed by atoms with E-state index in [0.717, 1.165) is 26.1 Å². The van der Waals surface area contributed by atoms with Gasteiger partial charge >= 0.3 is 0 Å². The molecule has 1 aliphatic heterocycles. The molecule has 0 saturated heterocycles. The number of hydrogen-bond donors (Lipinski definition) is 1. The van der Waals surface area contributed by atoms with Gasteiger partial charge in [-0.2, -0.15) is 5.10 Å². The fourth-order valence-electron chi connectivity index (χ4n) is 2.94. The second kappa shape index (κ2) is 5.29. The normalized spacial score (nSPS) is 15.6. The first-order valence-electron chi connectivity index (χ1n) is 7.26. The lowest BCUT2D eigenvalue weighted by atomic mass is 10.00. The Kier molecular flexibility index (Phi) is 3.49. The van der Waals surface area contributed by atoms with Crippen LogP contribution in [0.5, 0.6) is 0 Å². The van der Waals surface area contributed by atoms with Crippen molar-refractivity contribution in [2.75, 3.05) is 12.3 Å².